The second-order valence-corrected chi connectivity index (χ2v) is 14.0. The van der Waals surface area contributed by atoms with E-state index < -0.39 is 0 Å². The number of pyridine rings is 1. The first-order valence-electron chi connectivity index (χ1n) is 18.3. The Morgan fingerprint density at radius 2 is 0.926 bits per heavy atom. The molecule has 0 N–H and O–H groups in total. The van der Waals surface area contributed by atoms with Gasteiger partial charge in [-0.15, -0.1) is 0 Å². The summed E-state index contributed by atoms with van der Waals surface area (Å²) < 4.78 is 4.59. The average molecular weight is 691 g/mol. The molecule has 3 heterocycles. The van der Waals surface area contributed by atoms with Crippen LogP contribution in [0.25, 0.3) is 88.4 Å². The summed E-state index contributed by atoms with van der Waals surface area (Å²) in [6.45, 7) is 4.31. The fraction of sp³-hybridized carbons (Fsp3) is 0.0400. The Morgan fingerprint density at radius 1 is 0.444 bits per heavy atom. The summed E-state index contributed by atoms with van der Waals surface area (Å²) in [6, 6.07) is 58.6. The van der Waals surface area contributed by atoms with Crippen LogP contribution in [0.4, 0.5) is 0 Å². The predicted molar refractivity (Wildman–Crippen MR) is 223 cm³/mol. The maximum Gasteiger partial charge on any atom is 0.104 e. The Labute approximate surface area is 313 Å². The molecule has 10 rings (SSSR count). The molecule has 7 aromatic carbocycles. The minimum absolute atomic E-state index is 0.593. The maximum atomic E-state index is 11.4. The predicted octanol–water partition coefficient (Wildman–Crippen LogP) is 12.8. The normalized spacial score (nSPS) is 11.5. The lowest BCUT2D eigenvalue weighted by atomic mass is 9.99. The molecule has 4 heteroatoms. The van der Waals surface area contributed by atoms with Gasteiger partial charge in [-0.3, -0.25) is 4.98 Å². The Hall–Kier alpha value is -7.22. The average Bonchev–Trinajstić information content (AvgIpc) is 3.73. The maximum absolute atomic E-state index is 11.4. The fourth-order valence-electron chi connectivity index (χ4n) is 8.37. The first kappa shape index (κ1) is 31.5. The second kappa shape index (κ2) is 12.5. The summed E-state index contributed by atoms with van der Waals surface area (Å²) in [5, 5.41) is 16.0. The number of fused-ring (bicyclic) bond motifs is 6. The highest BCUT2D eigenvalue weighted by Crippen LogP contribution is 2.42. The van der Waals surface area contributed by atoms with Crippen LogP contribution in [-0.2, 0) is 0 Å². The first-order valence-corrected chi connectivity index (χ1v) is 18.3. The van der Waals surface area contributed by atoms with Crippen LogP contribution in [0.3, 0.4) is 0 Å². The third-order valence-electron chi connectivity index (χ3n) is 10.9. The highest BCUT2D eigenvalue weighted by molar-refractivity contribution is 6.12. The van der Waals surface area contributed by atoms with E-state index in [0.29, 0.717) is 5.56 Å². The van der Waals surface area contributed by atoms with Crippen LogP contribution in [0.1, 0.15) is 16.7 Å². The van der Waals surface area contributed by atoms with E-state index in [9.17, 15) is 5.26 Å². The zero-order chi connectivity index (χ0) is 36.3. The van der Waals surface area contributed by atoms with Crippen molar-refractivity contribution in [2.24, 2.45) is 0 Å². The molecule has 0 spiro atoms. The van der Waals surface area contributed by atoms with Gasteiger partial charge in [-0.05, 0) is 95.3 Å². The summed E-state index contributed by atoms with van der Waals surface area (Å²) in [7, 11) is 0. The van der Waals surface area contributed by atoms with Gasteiger partial charge in [-0.1, -0.05) is 115 Å². The molecule has 0 aliphatic heterocycles. The molecular weight excluding hydrogens is 657 g/mol. The van der Waals surface area contributed by atoms with Crippen LogP contribution in [0, 0.1) is 25.2 Å². The van der Waals surface area contributed by atoms with Crippen molar-refractivity contribution in [2.45, 2.75) is 13.8 Å². The van der Waals surface area contributed by atoms with Crippen molar-refractivity contribution in [2.75, 3.05) is 0 Å². The van der Waals surface area contributed by atoms with E-state index in [2.05, 4.69) is 186 Å². The quantitative estimate of drug-likeness (QED) is 0.180. The number of rotatable bonds is 5. The van der Waals surface area contributed by atoms with Gasteiger partial charge >= 0.3 is 0 Å². The first-order chi connectivity index (χ1) is 26.6. The van der Waals surface area contributed by atoms with Crippen LogP contribution >= 0.6 is 0 Å². The molecule has 0 aliphatic rings. The number of benzene rings is 7. The molecule has 0 atom stereocenters. The molecule has 0 aliphatic carbocycles. The molecule has 0 radical (unpaired) electrons. The molecule has 0 fully saturated rings. The molecule has 0 bridgehead atoms. The third-order valence-corrected chi connectivity index (χ3v) is 10.9. The van der Waals surface area contributed by atoms with Gasteiger partial charge in [0.1, 0.15) is 11.6 Å². The van der Waals surface area contributed by atoms with Crippen LogP contribution in [0.15, 0.2) is 170 Å². The Morgan fingerprint density at radius 3 is 1.41 bits per heavy atom. The number of hydrogen-bond acceptors (Lipinski definition) is 2. The van der Waals surface area contributed by atoms with Crippen molar-refractivity contribution >= 4 is 43.6 Å². The molecule has 3 aromatic heterocycles. The van der Waals surface area contributed by atoms with Gasteiger partial charge in [0, 0.05) is 39.5 Å². The lowest BCUT2D eigenvalue weighted by Crippen LogP contribution is -2.05. The fourth-order valence-corrected chi connectivity index (χ4v) is 8.37. The van der Waals surface area contributed by atoms with E-state index in [0.717, 1.165) is 77.2 Å². The van der Waals surface area contributed by atoms with Gasteiger partial charge in [0.05, 0.1) is 33.4 Å². The SMILES string of the molecule is Cc1ccccc1-c1ccc2c3ccccc3n(-c3cc(-c4cccnc4)cc(-n4c5ccccc5c5ccc(-c6ccccc6C)cc54)c3C#N)c2c1. The van der Waals surface area contributed by atoms with E-state index in [1.807, 2.05) is 12.3 Å². The van der Waals surface area contributed by atoms with E-state index in [1.165, 1.54) is 22.3 Å². The molecule has 0 unspecified atom stereocenters. The summed E-state index contributed by atoms with van der Waals surface area (Å²) in [5.74, 6) is 0. The zero-order valence-electron chi connectivity index (χ0n) is 30.0. The molecule has 0 saturated carbocycles. The van der Waals surface area contributed by atoms with E-state index >= 15 is 0 Å². The van der Waals surface area contributed by atoms with E-state index in [-0.39, 0.29) is 0 Å². The third kappa shape index (κ3) is 4.87. The number of para-hydroxylation sites is 2. The van der Waals surface area contributed by atoms with E-state index in [1.54, 1.807) is 6.20 Å². The lowest BCUT2D eigenvalue weighted by molar-refractivity contribution is 1.12. The van der Waals surface area contributed by atoms with Crippen molar-refractivity contribution in [3.8, 4) is 50.8 Å². The van der Waals surface area contributed by atoms with Crippen molar-refractivity contribution in [1.29, 1.82) is 5.26 Å². The summed E-state index contributed by atoms with van der Waals surface area (Å²) >= 11 is 0. The largest absolute Gasteiger partial charge is 0.308 e. The van der Waals surface area contributed by atoms with Crippen LogP contribution in [-0.4, -0.2) is 14.1 Å². The molecular formula is C50H34N4. The van der Waals surface area contributed by atoms with Crippen molar-refractivity contribution in [3.63, 3.8) is 0 Å². The minimum Gasteiger partial charge on any atom is -0.308 e. The number of nitriles is 1. The number of aryl methyl sites for hydroxylation is 2. The van der Waals surface area contributed by atoms with Crippen molar-refractivity contribution in [1.82, 2.24) is 14.1 Å². The van der Waals surface area contributed by atoms with Gasteiger partial charge in [0.2, 0.25) is 0 Å². The Kier molecular flexibility index (Phi) is 7.28. The van der Waals surface area contributed by atoms with E-state index in [4.69, 9.17) is 0 Å². The highest BCUT2D eigenvalue weighted by atomic mass is 15.0. The van der Waals surface area contributed by atoms with Crippen molar-refractivity contribution in [3.05, 3.63) is 187 Å². The molecule has 54 heavy (non-hydrogen) atoms. The van der Waals surface area contributed by atoms with Crippen LogP contribution in [0.5, 0.6) is 0 Å². The number of hydrogen-bond donors (Lipinski definition) is 0. The second-order valence-electron chi connectivity index (χ2n) is 14.0. The Balaban J connectivity index is 1.34. The topological polar surface area (TPSA) is 46.5 Å². The van der Waals surface area contributed by atoms with Crippen LogP contribution in [0.2, 0.25) is 0 Å². The molecule has 10 aromatic rings. The monoisotopic (exact) mass is 690 g/mol. The standard InChI is InChI=1S/C50H34N4/c1-32-12-3-5-15-38(32)34-21-23-42-40-17-7-9-19-45(40)53(47(42)26-34)49-28-37(36-14-11-25-52-31-36)29-50(44(49)30-51)54-46-20-10-8-18-41(46)43-24-22-35(27-48(43)54)39-16-6-4-13-33(39)2/h3-29,31H,1-2H3. The summed E-state index contributed by atoms with van der Waals surface area (Å²) in [5.41, 5.74) is 15.5. The zero-order valence-corrected chi connectivity index (χ0v) is 30.0. The van der Waals surface area contributed by atoms with Gasteiger partial charge in [-0.2, -0.15) is 5.26 Å². The molecule has 0 saturated heterocycles. The van der Waals surface area contributed by atoms with Gasteiger partial charge in [-0.25, -0.2) is 0 Å². The number of nitrogens with zero attached hydrogens (tertiary/aromatic N) is 4. The molecule has 4 nitrogen and oxygen atoms in total. The summed E-state index contributed by atoms with van der Waals surface area (Å²) in [6.07, 6.45) is 3.70. The van der Waals surface area contributed by atoms with Gasteiger partial charge in [0.15, 0.2) is 0 Å². The molecule has 254 valence electrons. The Bertz CT molecular complexity index is 2950. The van der Waals surface area contributed by atoms with Gasteiger partial charge < -0.3 is 9.13 Å². The van der Waals surface area contributed by atoms with Crippen molar-refractivity contribution < 1.29 is 0 Å². The molecule has 0 amide bonds. The smallest absolute Gasteiger partial charge is 0.104 e. The highest BCUT2D eigenvalue weighted by Gasteiger charge is 2.23. The number of aromatic nitrogens is 3. The lowest BCUT2D eigenvalue weighted by Gasteiger charge is -2.19. The summed E-state index contributed by atoms with van der Waals surface area (Å²) in [4.78, 5) is 4.52. The van der Waals surface area contributed by atoms with Gasteiger partial charge in [0.25, 0.3) is 0 Å². The minimum atomic E-state index is 0.593. The van der Waals surface area contributed by atoms with Crippen LogP contribution < -0.4 is 0 Å².